The maximum atomic E-state index is 12.5. The van der Waals surface area contributed by atoms with E-state index in [0.29, 0.717) is 22.9 Å². The molecule has 2 heterocycles. The van der Waals surface area contributed by atoms with Gasteiger partial charge in [0.2, 0.25) is 5.91 Å². The number of thiazole rings is 2. The zero-order chi connectivity index (χ0) is 25.0. The van der Waals surface area contributed by atoms with Crippen LogP contribution in [-0.2, 0) is 26.5 Å². The molecule has 4 rings (SSSR count). The van der Waals surface area contributed by atoms with Gasteiger partial charge in [-0.25, -0.2) is 13.4 Å². The minimum Gasteiger partial charge on any atom is -0.494 e. The number of ether oxygens (including phenoxy) is 1. The van der Waals surface area contributed by atoms with Crippen LogP contribution in [0.2, 0.25) is 0 Å². The fourth-order valence-electron chi connectivity index (χ4n) is 3.28. The van der Waals surface area contributed by atoms with Crippen molar-refractivity contribution < 1.29 is 22.7 Å². The molecule has 0 aliphatic heterocycles. The van der Waals surface area contributed by atoms with Crippen LogP contribution in [0.4, 0.5) is 5.13 Å². The predicted molar refractivity (Wildman–Crippen MR) is 137 cm³/mol. The Morgan fingerprint density at radius 1 is 1.14 bits per heavy atom. The standard InChI is InChI=1S/C23H22N4O5S3/c1-3-32-16-9-10-18-19(11-16)34-23(27(18)2)26-21(29)14-35(30,31)13-20(28)25-22-24-17(12-33-22)15-7-5-4-6-8-15/h4-12H,3,13-14H2,1-2H3,(H,24,25,28). The number of amides is 2. The zero-order valence-corrected chi connectivity index (χ0v) is 21.4. The summed E-state index contributed by atoms with van der Waals surface area (Å²) in [5.41, 5.74) is 2.39. The Kier molecular flexibility index (Phi) is 7.43. The average molecular weight is 531 g/mol. The first-order chi connectivity index (χ1) is 16.7. The van der Waals surface area contributed by atoms with Gasteiger partial charge in [0.05, 0.1) is 22.5 Å². The van der Waals surface area contributed by atoms with Crippen LogP contribution in [0.1, 0.15) is 6.92 Å². The number of aryl methyl sites for hydroxylation is 1. The summed E-state index contributed by atoms with van der Waals surface area (Å²) in [5.74, 6) is -2.62. The van der Waals surface area contributed by atoms with Crippen molar-refractivity contribution in [3.05, 3.63) is 58.7 Å². The third-order valence-electron chi connectivity index (χ3n) is 4.83. The Bertz CT molecular complexity index is 1550. The molecule has 2 amide bonds. The lowest BCUT2D eigenvalue weighted by Crippen LogP contribution is -2.28. The van der Waals surface area contributed by atoms with E-state index in [1.54, 1.807) is 17.0 Å². The predicted octanol–water partition coefficient (Wildman–Crippen LogP) is 3.24. The van der Waals surface area contributed by atoms with Gasteiger partial charge in [-0.3, -0.25) is 9.59 Å². The molecule has 35 heavy (non-hydrogen) atoms. The van der Waals surface area contributed by atoms with E-state index in [1.165, 1.54) is 22.7 Å². The molecule has 0 spiro atoms. The van der Waals surface area contributed by atoms with Gasteiger partial charge in [0.15, 0.2) is 19.8 Å². The summed E-state index contributed by atoms with van der Waals surface area (Å²) in [6.45, 7) is 2.42. The second kappa shape index (κ2) is 10.5. The fourth-order valence-corrected chi connectivity index (χ4v) is 6.10. The fraction of sp³-hybridized carbons (Fsp3) is 0.217. The average Bonchev–Trinajstić information content (AvgIpc) is 3.38. The third-order valence-corrected chi connectivity index (χ3v) is 8.07. The van der Waals surface area contributed by atoms with E-state index in [0.717, 1.165) is 15.8 Å². The second-order valence-corrected chi connectivity index (χ2v) is 11.4. The quantitative estimate of drug-likeness (QED) is 0.374. The number of rotatable bonds is 8. The molecular weight excluding hydrogens is 508 g/mol. The summed E-state index contributed by atoms with van der Waals surface area (Å²) in [5, 5.41) is 4.54. The monoisotopic (exact) mass is 530 g/mol. The number of aromatic nitrogens is 2. The Balaban J connectivity index is 1.41. The third kappa shape index (κ3) is 6.21. The van der Waals surface area contributed by atoms with Crippen molar-refractivity contribution in [3.8, 4) is 17.0 Å². The molecule has 182 valence electrons. The number of carbonyl (C=O) groups is 2. The number of hydrogen-bond donors (Lipinski definition) is 1. The highest BCUT2D eigenvalue weighted by Crippen LogP contribution is 2.25. The van der Waals surface area contributed by atoms with Crippen molar-refractivity contribution in [2.45, 2.75) is 6.92 Å². The van der Waals surface area contributed by atoms with Crippen molar-refractivity contribution in [2.24, 2.45) is 12.0 Å². The van der Waals surface area contributed by atoms with Gasteiger partial charge in [-0.05, 0) is 25.1 Å². The van der Waals surface area contributed by atoms with Crippen LogP contribution >= 0.6 is 22.7 Å². The molecular formula is C23H22N4O5S3. The van der Waals surface area contributed by atoms with Gasteiger partial charge >= 0.3 is 0 Å². The van der Waals surface area contributed by atoms with Crippen LogP contribution in [-0.4, -0.2) is 47.9 Å². The van der Waals surface area contributed by atoms with Gasteiger partial charge in [0.25, 0.3) is 5.91 Å². The highest BCUT2D eigenvalue weighted by molar-refractivity contribution is 7.92. The molecule has 0 saturated carbocycles. The zero-order valence-electron chi connectivity index (χ0n) is 18.9. The summed E-state index contributed by atoms with van der Waals surface area (Å²) in [4.78, 5) is 33.3. The minimum absolute atomic E-state index is 0.281. The molecule has 0 saturated heterocycles. The normalized spacial score (nSPS) is 12.1. The van der Waals surface area contributed by atoms with E-state index in [4.69, 9.17) is 4.74 Å². The number of carbonyl (C=O) groups excluding carboxylic acids is 2. The Hall–Kier alpha value is -3.35. The van der Waals surface area contributed by atoms with Crippen molar-refractivity contribution in [3.63, 3.8) is 0 Å². The number of fused-ring (bicyclic) bond motifs is 1. The van der Waals surface area contributed by atoms with Crippen LogP contribution in [0.15, 0.2) is 58.9 Å². The van der Waals surface area contributed by atoms with E-state index >= 15 is 0 Å². The lowest BCUT2D eigenvalue weighted by atomic mass is 10.2. The van der Waals surface area contributed by atoms with Crippen LogP contribution in [0.3, 0.4) is 0 Å². The highest BCUT2D eigenvalue weighted by Gasteiger charge is 2.22. The minimum atomic E-state index is -4.03. The Morgan fingerprint density at radius 2 is 1.91 bits per heavy atom. The lowest BCUT2D eigenvalue weighted by Gasteiger charge is -2.03. The molecule has 9 nitrogen and oxygen atoms in total. The maximum Gasteiger partial charge on any atom is 0.263 e. The largest absolute Gasteiger partial charge is 0.494 e. The first kappa shape index (κ1) is 24.8. The molecule has 1 N–H and O–H groups in total. The summed E-state index contributed by atoms with van der Waals surface area (Å²) in [6.07, 6.45) is 0. The highest BCUT2D eigenvalue weighted by atomic mass is 32.2. The lowest BCUT2D eigenvalue weighted by molar-refractivity contribution is -0.115. The molecule has 0 fully saturated rings. The molecule has 0 aliphatic carbocycles. The van der Waals surface area contributed by atoms with Gasteiger partial charge in [-0.2, -0.15) is 4.99 Å². The van der Waals surface area contributed by atoms with Gasteiger partial charge in [0.1, 0.15) is 17.3 Å². The van der Waals surface area contributed by atoms with E-state index in [-0.39, 0.29) is 5.13 Å². The van der Waals surface area contributed by atoms with Crippen LogP contribution < -0.4 is 14.9 Å². The number of nitrogens with one attached hydrogen (secondary N) is 1. The Morgan fingerprint density at radius 3 is 2.66 bits per heavy atom. The summed E-state index contributed by atoms with van der Waals surface area (Å²) < 4.78 is 33.0. The molecule has 0 aliphatic rings. The number of sulfone groups is 1. The molecule has 0 bridgehead atoms. The van der Waals surface area contributed by atoms with Crippen LogP contribution in [0.5, 0.6) is 5.75 Å². The SMILES string of the molecule is CCOc1ccc2c(c1)sc(=NC(=O)CS(=O)(=O)CC(=O)Nc1nc(-c3ccccc3)cs1)n2C. The van der Waals surface area contributed by atoms with Crippen LogP contribution in [0, 0.1) is 0 Å². The molecule has 0 radical (unpaired) electrons. The van der Waals surface area contributed by atoms with Gasteiger partial charge in [0, 0.05) is 18.0 Å². The number of hydrogen-bond acceptors (Lipinski definition) is 8. The van der Waals surface area contributed by atoms with Gasteiger partial charge < -0.3 is 14.6 Å². The Labute approximate surface area is 209 Å². The smallest absolute Gasteiger partial charge is 0.263 e. The van der Waals surface area contributed by atoms with Gasteiger partial charge in [-0.15, -0.1) is 11.3 Å². The number of nitrogens with zero attached hydrogens (tertiary/aromatic N) is 3. The number of benzene rings is 2. The molecule has 0 unspecified atom stereocenters. The van der Waals surface area contributed by atoms with Crippen molar-refractivity contribution in [1.29, 1.82) is 0 Å². The van der Waals surface area contributed by atoms with E-state index in [2.05, 4.69) is 15.3 Å². The van der Waals surface area contributed by atoms with E-state index in [9.17, 15) is 18.0 Å². The topological polar surface area (TPSA) is 120 Å². The molecule has 12 heteroatoms. The van der Waals surface area contributed by atoms with E-state index in [1.807, 2.05) is 55.5 Å². The molecule has 0 atom stereocenters. The van der Waals surface area contributed by atoms with Crippen molar-refractivity contribution in [2.75, 3.05) is 23.4 Å². The van der Waals surface area contributed by atoms with Crippen molar-refractivity contribution >= 4 is 59.7 Å². The molecule has 2 aromatic heterocycles. The number of anilines is 1. The van der Waals surface area contributed by atoms with Gasteiger partial charge in [-0.1, -0.05) is 41.7 Å². The second-order valence-electron chi connectivity index (χ2n) is 7.50. The first-order valence-electron chi connectivity index (χ1n) is 10.6. The molecule has 2 aromatic carbocycles. The maximum absolute atomic E-state index is 12.5. The molecule has 4 aromatic rings. The summed E-state index contributed by atoms with van der Waals surface area (Å²) >= 11 is 2.44. The summed E-state index contributed by atoms with van der Waals surface area (Å²) in [7, 11) is -2.28. The summed E-state index contributed by atoms with van der Waals surface area (Å²) in [6, 6.07) is 14.9. The van der Waals surface area contributed by atoms with Crippen molar-refractivity contribution in [1.82, 2.24) is 9.55 Å². The first-order valence-corrected chi connectivity index (χ1v) is 14.1. The van der Waals surface area contributed by atoms with E-state index < -0.39 is 33.2 Å². The van der Waals surface area contributed by atoms with Crippen LogP contribution in [0.25, 0.3) is 21.5 Å².